The van der Waals surface area contributed by atoms with Gasteiger partial charge in [0.15, 0.2) is 0 Å². The number of nitrogens with zero attached hydrogens (tertiary/aromatic N) is 2. The molecule has 0 spiro atoms. The van der Waals surface area contributed by atoms with Crippen LogP contribution in [0, 0.1) is 34.5 Å². The average molecular weight is 391 g/mol. The van der Waals surface area contributed by atoms with Gasteiger partial charge in [0.1, 0.15) is 5.78 Å². The molecule has 4 aliphatic carbocycles. The SMILES string of the molecule is C[C@]12CCC(=O)CC1CC[C@@H]1[C@@H]2CC[C@]2(C)C(n3cnc4ccccc43)CC[C@@H]12. The fraction of sp³-hybridized carbons (Fsp3) is 0.692. The summed E-state index contributed by atoms with van der Waals surface area (Å²) in [6.45, 7) is 5.15. The van der Waals surface area contributed by atoms with E-state index in [9.17, 15) is 4.79 Å². The number of aromatic nitrogens is 2. The van der Waals surface area contributed by atoms with Crippen LogP contribution in [-0.4, -0.2) is 15.3 Å². The molecule has 4 aliphatic rings. The van der Waals surface area contributed by atoms with Crippen molar-refractivity contribution in [3.63, 3.8) is 0 Å². The van der Waals surface area contributed by atoms with Crippen LogP contribution in [0.2, 0.25) is 0 Å². The molecule has 154 valence electrons. The van der Waals surface area contributed by atoms with Crippen molar-refractivity contribution < 1.29 is 4.79 Å². The number of rotatable bonds is 1. The Hall–Kier alpha value is -1.64. The first-order valence-electron chi connectivity index (χ1n) is 11.9. The molecule has 2 aromatic rings. The highest BCUT2D eigenvalue weighted by Gasteiger charge is 2.60. The summed E-state index contributed by atoms with van der Waals surface area (Å²) < 4.78 is 2.52. The Bertz CT molecular complexity index is 963. The van der Waals surface area contributed by atoms with Crippen molar-refractivity contribution in [2.75, 3.05) is 0 Å². The van der Waals surface area contributed by atoms with Crippen LogP contribution in [0.15, 0.2) is 30.6 Å². The van der Waals surface area contributed by atoms with E-state index in [-0.39, 0.29) is 0 Å². The van der Waals surface area contributed by atoms with E-state index in [2.05, 4.69) is 49.0 Å². The van der Waals surface area contributed by atoms with Crippen LogP contribution < -0.4 is 0 Å². The van der Waals surface area contributed by atoms with E-state index in [1.165, 1.54) is 44.0 Å². The molecular weight excluding hydrogens is 356 g/mol. The van der Waals surface area contributed by atoms with Gasteiger partial charge in [-0.05, 0) is 91.6 Å². The fourth-order valence-electron chi connectivity index (χ4n) is 8.70. The van der Waals surface area contributed by atoms with Crippen LogP contribution in [0.3, 0.4) is 0 Å². The van der Waals surface area contributed by atoms with Crippen molar-refractivity contribution in [1.82, 2.24) is 9.55 Å². The molecule has 0 radical (unpaired) electrons. The Morgan fingerprint density at radius 3 is 2.69 bits per heavy atom. The lowest BCUT2D eigenvalue weighted by molar-refractivity contribution is -0.139. The number of ketones is 1. The first-order chi connectivity index (χ1) is 14.0. The van der Waals surface area contributed by atoms with Crippen molar-refractivity contribution in [2.24, 2.45) is 34.5 Å². The Kier molecular flexibility index (Phi) is 3.87. The molecule has 0 N–H and O–H groups in total. The van der Waals surface area contributed by atoms with Crippen LogP contribution in [0.25, 0.3) is 11.0 Å². The molecule has 29 heavy (non-hydrogen) atoms. The first kappa shape index (κ1) is 18.2. The van der Waals surface area contributed by atoms with Crippen LogP contribution >= 0.6 is 0 Å². The van der Waals surface area contributed by atoms with E-state index in [0.29, 0.717) is 28.6 Å². The van der Waals surface area contributed by atoms with Gasteiger partial charge in [0.2, 0.25) is 0 Å². The van der Waals surface area contributed by atoms with E-state index in [4.69, 9.17) is 4.98 Å². The standard InChI is InChI=1S/C26H34N2O/c1-25-13-11-18(29)15-17(25)7-8-19-20-9-10-24(26(20,2)14-12-21(19)25)28-16-27-22-5-3-4-6-23(22)28/h3-6,16-17,19-21,24H,7-15H2,1-2H3/t17?,19-,20-,21-,24?,25-,26-/m0/s1. The fourth-order valence-corrected chi connectivity index (χ4v) is 8.70. The van der Waals surface area contributed by atoms with Crippen molar-refractivity contribution in [3.8, 4) is 0 Å². The van der Waals surface area contributed by atoms with E-state index in [1.54, 1.807) is 0 Å². The molecule has 0 bridgehead atoms. The zero-order valence-electron chi connectivity index (χ0n) is 17.9. The summed E-state index contributed by atoms with van der Waals surface area (Å²) in [5.41, 5.74) is 3.24. The molecule has 1 heterocycles. The molecule has 0 saturated heterocycles. The second kappa shape index (κ2) is 6.18. The van der Waals surface area contributed by atoms with Crippen molar-refractivity contribution in [3.05, 3.63) is 30.6 Å². The topological polar surface area (TPSA) is 34.9 Å². The van der Waals surface area contributed by atoms with Gasteiger partial charge in [0.05, 0.1) is 17.4 Å². The maximum Gasteiger partial charge on any atom is 0.133 e. The van der Waals surface area contributed by atoms with Crippen molar-refractivity contribution in [2.45, 2.75) is 77.7 Å². The third kappa shape index (κ3) is 2.42. The summed E-state index contributed by atoms with van der Waals surface area (Å²) in [5, 5.41) is 0. The summed E-state index contributed by atoms with van der Waals surface area (Å²) in [6.07, 6.45) is 13.0. The smallest absolute Gasteiger partial charge is 0.133 e. The van der Waals surface area contributed by atoms with Gasteiger partial charge in [-0.1, -0.05) is 26.0 Å². The predicted molar refractivity (Wildman–Crippen MR) is 116 cm³/mol. The van der Waals surface area contributed by atoms with Crippen LogP contribution in [-0.2, 0) is 4.79 Å². The minimum atomic E-state index is 0.387. The third-order valence-corrected chi connectivity index (χ3v) is 10.2. The summed E-state index contributed by atoms with van der Waals surface area (Å²) in [5.74, 6) is 3.72. The summed E-state index contributed by atoms with van der Waals surface area (Å²) in [6, 6.07) is 9.22. The number of Topliss-reactive ketones (excluding diaryl/α,β-unsaturated/α-hetero) is 1. The number of imidazole rings is 1. The highest BCUT2D eigenvalue weighted by atomic mass is 16.1. The van der Waals surface area contributed by atoms with Gasteiger partial charge in [-0.3, -0.25) is 4.79 Å². The number of benzene rings is 1. The van der Waals surface area contributed by atoms with Crippen molar-refractivity contribution >= 4 is 16.8 Å². The second-order valence-electron chi connectivity index (χ2n) is 11.2. The molecule has 7 atom stereocenters. The van der Waals surface area contributed by atoms with E-state index < -0.39 is 0 Å². The average Bonchev–Trinajstić information content (AvgIpc) is 3.29. The highest BCUT2D eigenvalue weighted by Crippen LogP contribution is 2.68. The number of hydrogen-bond donors (Lipinski definition) is 0. The Labute approximate surface area is 174 Å². The molecule has 2 unspecified atom stereocenters. The number of fused-ring (bicyclic) bond motifs is 6. The lowest BCUT2D eigenvalue weighted by atomic mass is 9.45. The highest BCUT2D eigenvalue weighted by molar-refractivity contribution is 5.79. The zero-order chi connectivity index (χ0) is 19.8. The number of carbonyl (C=O) groups is 1. The van der Waals surface area contributed by atoms with E-state index in [0.717, 1.165) is 42.5 Å². The Morgan fingerprint density at radius 1 is 0.966 bits per heavy atom. The normalized spacial score (nSPS) is 44.3. The minimum Gasteiger partial charge on any atom is -0.327 e. The molecule has 4 fully saturated rings. The molecule has 3 heteroatoms. The third-order valence-electron chi connectivity index (χ3n) is 10.2. The van der Waals surface area contributed by atoms with Gasteiger partial charge in [0.25, 0.3) is 0 Å². The lowest BCUT2D eigenvalue weighted by Gasteiger charge is -2.60. The van der Waals surface area contributed by atoms with Crippen LogP contribution in [0.1, 0.15) is 77.7 Å². The molecule has 1 aromatic heterocycles. The summed E-state index contributed by atoms with van der Waals surface area (Å²) in [7, 11) is 0. The molecule has 0 amide bonds. The molecular formula is C26H34N2O. The van der Waals surface area contributed by atoms with Crippen molar-refractivity contribution in [1.29, 1.82) is 0 Å². The van der Waals surface area contributed by atoms with E-state index in [1.807, 2.05) is 0 Å². The summed E-state index contributed by atoms with van der Waals surface area (Å²) in [4.78, 5) is 16.8. The first-order valence-corrected chi connectivity index (χ1v) is 11.9. The Morgan fingerprint density at radius 2 is 1.79 bits per heavy atom. The van der Waals surface area contributed by atoms with Gasteiger partial charge in [-0.2, -0.15) is 0 Å². The molecule has 1 aromatic carbocycles. The summed E-state index contributed by atoms with van der Waals surface area (Å²) >= 11 is 0. The lowest BCUT2D eigenvalue weighted by Crippen LogP contribution is -2.53. The molecule has 4 saturated carbocycles. The largest absolute Gasteiger partial charge is 0.327 e. The molecule has 3 nitrogen and oxygen atoms in total. The quantitative estimate of drug-likeness (QED) is 0.582. The number of carbonyl (C=O) groups excluding carboxylic acids is 1. The maximum atomic E-state index is 12.1. The van der Waals surface area contributed by atoms with Gasteiger partial charge in [-0.25, -0.2) is 4.98 Å². The minimum absolute atomic E-state index is 0.387. The van der Waals surface area contributed by atoms with Gasteiger partial charge in [-0.15, -0.1) is 0 Å². The number of hydrogen-bond acceptors (Lipinski definition) is 2. The number of para-hydroxylation sites is 2. The monoisotopic (exact) mass is 390 g/mol. The Balaban J connectivity index is 1.33. The molecule has 0 aliphatic heterocycles. The second-order valence-corrected chi connectivity index (χ2v) is 11.2. The van der Waals surface area contributed by atoms with Crippen LogP contribution in [0.5, 0.6) is 0 Å². The maximum absolute atomic E-state index is 12.1. The predicted octanol–water partition coefficient (Wildman–Crippen LogP) is 6.19. The molecule has 6 rings (SSSR count). The van der Waals surface area contributed by atoms with E-state index >= 15 is 0 Å². The van der Waals surface area contributed by atoms with Gasteiger partial charge in [0, 0.05) is 18.9 Å². The van der Waals surface area contributed by atoms with Crippen LogP contribution in [0.4, 0.5) is 0 Å². The van der Waals surface area contributed by atoms with Gasteiger partial charge >= 0.3 is 0 Å². The zero-order valence-corrected chi connectivity index (χ0v) is 17.9. The van der Waals surface area contributed by atoms with Gasteiger partial charge < -0.3 is 4.57 Å².